The molecule has 0 spiro atoms. The topological polar surface area (TPSA) is 91.5 Å². The van der Waals surface area contributed by atoms with Gasteiger partial charge in [0, 0.05) is 13.1 Å². The number of aliphatic hydroxyl groups is 1. The fourth-order valence-electron chi connectivity index (χ4n) is 2.70. The molecule has 3 rings (SSSR count). The molecule has 3 aromatic rings. The molecular formula is C19H20N4O3. The highest BCUT2D eigenvalue weighted by Gasteiger charge is 2.23. The van der Waals surface area contributed by atoms with E-state index in [1.165, 1.54) is 4.80 Å². The zero-order valence-electron chi connectivity index (χ0n) is 14.4. The van der Waals surface area contributed by atoms with E-state index in [0.29, 0.717) is 12.2 Å². The van der Waals surface area contributed by atoms with Gasteiger partial charge < -0.3 is 15.1 Å². The van der Waals surface area contributed by atoms with E-state index in [9.17, 15) is 15.0 Å². The predicted molar refractivity (Wildman–Crippen MR) is 97.6 cm³/mol. The van der Waals surface area contributed by atoms with Crippen LogP contribution in [-0.2, 0) is 6.54 Å². The number of hydrogen-bond acceptors (Lipinski definition) is 5. The lowest BCUT2D eigenvalue weighted by molar-refractivity contribution is 0.0690. The van der Waals surface area contributed by atoms with E-state index in [4.69, 9.17) is 0 Å². The Hall–Kier alpha value is -3.19. The number of rotatable bonds is 7. The average molecular weight is 352 g/mol. The first kappa shape index (κ1) is 17.6. The summed E-state index contributed by atoms with van der Waals surface area (Å²) in [6.07, 6.45) is 0. The van der Waals surface area contributed by atoms with Crippen molar-refractivity contribution in [3.63, 3.8) is 0 Å². The van der Waals surface area contributed by atoms with E-state index in [1.807, 2.05) is 61.5 Å². The van der Waals surface area contributed by atoms with E-state index in [0.717, 1.165) is 11.1 Å². The number of benzene rings is 2. The molecular weight excluding hydrogens is 332 g/mol. The molecule has 1 aromatic heterocycles. The Morgan fingerprint density at radius 2 is 1.88 bits per heavy atom. The molecule has 0 aliphatic carbocycles. The van der Waals surface area contributed by atoms with E-state index in [2.05, 4.69) is 10.2 Å². The van der Waals surface area contributed by atoms with Gasteiger partial charge in [0.25, 0.3) is 0 Å². The zero-order valence-corrected chi connectivity index (χ0v) is 14.4. The fraction of sp³-hybridized carbons (Fsp3) is 0.211. The van der Waals surface area contributed by atoms with Crippen molar-refractivity contribution < 1.29 is 15.0 Å². The van der Waals surface area contributed by atoms with Crippen LogP contribution in [0.25, 0.3) is 5.69 Å². The highest BCUT2D eigenvalue weighted by atomic mass is 16.4. The van der Waals surface area contributed by atoms with E-state index >= 15 is 0 Å². The molecule has 0 saturated heterocycles. The minimum atomic E-state index is -1.16. The van der Waals surface area contributed by atoms with Crippen LogP contribution < -0.4 is 4.90 Å². The quantitative estimate of drug-likeness (QED) is 0.678. The molecule has 26 heavy (non-hydrogen) atoms. The van der Waals surface area contributed by atoms with E-state index in [1.54, 1.807) is 4.90 Å². The molecule has 0 aliphatic heterocycles. The van der Waals surface area contributed by atoms with Crippen molar-refractivity contribution in [1.82, 2.24) is 15.0 Å². The van der Waals surface area contributed by atoms with Crippen LogP contribution in [0.5, 0.6) is 0 Å². The summed E-state index contributed by atoms with van der Waals surface area (Å²) < 4.78 is 0. The van der Waals surface area contributed by atoms with Crippen molar-refractivity contribution in [2.24, 2.45) is 0 Å². The maximum absolute atomic E-state index is 11.7. The molecule has 7 heteroatoms. The minimum absolute atomic E-state index is 0.122. The van der Waals surface area contributed by atoms with Gasteiger partial charge in [-0.05, 0) is 30.2 Å². The third-order valence-electron chi connectivity index (χ3n) is 3.92. The third-order valence-corrected chi connectivity index (χ3v) is 3.92. The molecule has 0 amide bonds. The molecule has 2 N–H and O–H groups in total. The van der Waals surface area contributed by atoms with Gasteiger partial charge in [-0.25, -0.2) is 4.79 Å². The zero-order chi connectivity index (χ0) is 18.5. The number of aromatic carboxylic acids is 1. The normalized spacial score (nSPS) is 10.7. The van der Waals surface area contributed by atoms with Crippen LogP contribution in [0.3, 0.4) is 0 Å². The van der Waals surface area contributed by atoms with E-state index in [-0.39, 0.29) is 24.7 Å². The number of anilines is 1. The molecule has 0 fully saturated rings. The van der Waals surface area contributed by atoms with Crippen molar-refractivity contribution in [3.05, 3.63) is 71.4 Å². The maximum Gasteiger partial charge on any atom is 0.360 e. The molecule has 0 atom stereocenters. The second-order valence-corrected chi connectivity index (χ2v) is 5.94. The summed E-state index contributed by atoms with van der Waals surface area (Å²) in [5.74, 6) is -0.924. The Kier molecular flexibility index (Phi) is 5.28. The van der Waals surface area contributed by atoms with Gasteiger partial charge in [0.05, 0.1) is 12.3 Å². The van der Waals surface area contributed by atoms with Gasteiger partial charge in [-0.2, -0.15) is 0 Å². The molecule has 0 radical (unpaired) electrons. The number of carboxylic acid groups (broad SMARTS) is 1. The summed E-state index contributed by atoms with van der Waals surface area (Å²) in [4.78, 5) is 14.7. The van der Waals surface area contributed by atoms with Crippen molar-refractivity contribution in [2.45, 2.75) is 13.5 Å². The van der Waals surface area contributed by atoms with Crippen LogP contribution in [0.2, 0.25) is 0 Å². The van der Waals surface area contributed by atoms with Crippen LogP contribution >= 0.6 is 0 Å². The van der Waals surface area contributed by atoms with Crippen molar-refractivity contribution in [3.8, 4) is 5.69 Å². The summed E-state index contributed by atoms with van der Waals surface area (Å²) in [7, 11) is 0. The highest BCUT2D eigenvalue weighted by molar-refractivity contribution is 5.91. The van der Waals surface area contributed by atoms with Crippen LogP contribution in [0.1, 0.15) is 21.6 Å². The Morgan fingerprint density at radius 1 is 1.12 bits per heavy atom. The summed E-state index contributed by atoms with van der Waals surface area (Å²) in [6, 6.07) is 17.1. The Morgan fingerprint density at radius 3 is 2.54 bits per heavy atom. The largest absolute Gasteiger partial charge is 0.476 e. The second-order valence-electron chi connectivity index (χ2n) is 5.94. The predicted octanol–water partition coefficient (Wildman–Crippen LogP) is 2.27. The number of aromatic nitrogens is 3. The van der Waals surface area contributed by atoms with Crippen molar-refractivity contribution in [2.75, 3.05) is 18.1 Å². The van der Waals surface area contributed by atoms with E-state index < -0.39 is 5.97 Å². The van der Waals surface area contributed by atoms with Crippen LogP contribution in [-0.4, -0.2) is 44.3 Å². The standard InChI is InChI=1S/C19H20N4O3/c1-14-6-5-9-16(12-14)23-20-17(19(25)26)18(21-23)22(10-11-24)13-15-7-3-2-4-8-15/h2-9,12,24H,10-11,13H2,1H3,(H,25,26). The summed E-state index contributed by atoms with van der Waals surface area (Å²) in [5, 5.41) is 27.5. The average Bonchev–Trinajstić information content (AvgIpc) is 3.08. The van der Waals surface area contributed by atoms with Gasteiger partial charge in [0.1, 0.15) is 0 Å². The first-order valence-electron chi connectivity index (χ1n) is 8.26. The lowest BCUT2D eigenvalue weighted by Gasteiger charge is -2.21. The maximum atomic E-state index is 11.7. The molecule has 134 valence electrons. The summed E-state index contributed by atoms with van der Waals surface area (Å²) in [5.41, 5.74) is 2.55. The number of aryl methyl sites for hydroxylation is 1. The van der Waals surface area contributed by atoms with Crippen LogP contribution in [0.4, 0.5) is 5.82 Å². The Balaban J connectivity index is 2.01. The number of nitrogens with zero attached hydrogens (tertiary/aromatic N) is 4. The van der Waals surface area contributed by atoms with Gasteiger partial charge in [-0.15, -0.1) is 15.0 Å². The fourth-order valence-corrected chi connectivity index (χ4v) is 2.70. The van der Waals surface area contributed by atoms with Gasteiger partial charge in [0.2, 0.25) is 5.69 Å². The first-order valence-corrected chi connectivity index (χ1v) is 8.26. The number of aliphatic hydroxyl groups excluding tert-OH is 1. The SMILES string of the molecule is Cc1cccc(-n2nc(C(=O)O)c(N(CCO)Cc3ccccc3)n2)c1. The Labute approximate surface area is 151 Å². The number of carboxylic acids is 1. The van der Waals surface area contributed by atoms with Crippen LogP contribution in [0, 0.1) is 6.92 Å². The van der Waals surface area contributed by atoms with Gasteiger partial charge >= 0.3 is 5.97 Å². The molecule has 0 aliphatic rings. The number of carbonyl (C=O) groups is 1. The van der Waals surface area contributed by atoms with Crippen molar-refractivity contribution in [1.29, 1.82) is 0 Å². The van der Waals surface area contributed by atoms with Gasteiger partial charge in [-0.3, -0.25) is 0 Å². The molecule has 1 heterocycles. The second kappa shape index (κ2) is 7.79. The van der Waals surface area contributed by atoms with Gasteiger partial charge in [-0.1, -0.05) is 42.5 Å². The first-order chi connectivity index (χ1) is 12.6. The minimum Gasteiger partial charge on any atom is -0.476 e. The highest BCUT2D eigenvalue weighted by Crippen LogP contribution is 2.21. The lowest BCUT2D eigenvalue weighted by atomic mass is 10.2. The molecule has 7 nitrogen and oxygen atoms in total. The summed E-state index contributed by atoms with van der Waals surface area (Å²) >= 11 is 0. The third kappa shape index (κ3) is 3.89. The number of hydrogen-bond donors (Lipinski definition) is 2. The molecule has 0 unspecified atom stereocenters. The van der Waals surface area contributed by atoms with Crippen molar-refractivity contribution >= 4 is 11.8 Å². The molecule has 0 bridgehead atoms. The lowest BCUT2D eigenvalue weighted by Crippen LogP contribution is -2.28. The summed E-state index contributed by atoms with van der Waals surface area (Å²) in [6.45, 7) is 2.50. The molecule has 0 saturated carbocycles. The van der Waals surface area contributed by atoms with Crippen LogP contribution in [0.15, 0.2) is 54.6 Å². The Bertz CT molecular complexity index is 893. The molecule has 2 aromatic carbocycles. The van der Waals surface area contributed by atoms with Gasteiger partial charge in [0.15, 0.2) is 5.82 Å². The monoisotopic (exact) mass is 352 g/mol. The smallest absolute Gasteiger partial charge is 0.360 e.